The molecule has 13 heavy (non-hydrogen) atoms. The Morgan fingerprint density at radius 2 is 2.23 bits per heavy atom. The van der Waals surface area contributed by atoms with E-state index in [1.807, 2.05) is 14.0 Å². The first-order valence-corrected chi connectivity index (χ1v) is 3.93. The van der Waals surface area contributed by atoms with Crippen molar-refractivity contribution in [1.82, 2.24) is 20.0 Å². The Kier molecular flexibility index (Phi) is 1.65. The third kappa shape index (κ3) is 1.04. The second-order valence-corrected chi connectivity index (χ2v) is 2.84. The minimum absolute atomic E-state index is 0.744. The Morgan fingerprint density at radius 1 is 1.46 bits per heavy atom. The molecule has 0 aliphatic heterocycles. The molecule has 0 radical (unpaired) electrons. The Balaban J connectivity index is 2.80. The smallest absolute Gasteiger partial charge is 0.178 e. The molecule has 0 N–H and O–H groups in total. The molecule has 2 aromatic rings. The lowest BCUT2D eigenvalue weighted by Gasteiger charge is -2.02. The highest BCUT2D eigenvalue weighted by atomic mass is 16.5. The van der Waals surface area contributed by atoms with Crippen molar-refractivity contribution in [3.8, 4) is 5.75 Å². The fraction of sp³-hybridized carbons (Fsp3) is 0.375. The first kappa shape index (κ1) is 7.97. The van der Waals surface area contributed by atoms with Crippen molar-refractivity contribution in [1.29, 1.82) is 0 Å². The topological polar surface area (TPSA) is 52.8 Å². The van der Waals surface area contributed by atoms with E-state index in [1.165, 1.54) is 0 Å². The van der Waals surface area contributed by atoms with Crippen LogP contribution in [0.1, 0.15) is 5.56 Å². The summed E-state index contributed by atoms with van der Waals surface area (Å²) in [6.07, 6.45) is 1.68. The van der Waals surface area contributed by atoms with E-state index in [0.29, 0.717) is 0 Å². The van der Waals surface area contributed by atoms with Gasteiger partial charge in [0.25, 0.3) is 0 Å². The van der Waals surface area contributed by atoms with E-state index >= 15 is 0 Å². The molecule has 68 valence electrons. The average molecular weight is 178 g/mol. The number of nitrogens with zero attached hydrogens (tertiary/aromatic N) is 4. The van der Waals surface area contributed by atoms with E-state index in [-0.39, 0.29) is 0 Å². The first-order valence-electron chi connectivity index (χ1n) is 3.93. The molecule has 0 saturated carbocycles. The second-order valence-electron chi connectivity index (χ2n) is 2.84. The standard InChI is InChI=1S/C8H10N4O/c1-5-6(13-3)4-9-8-7(5)10-11-12(8)2/h4H,1-3H3. The molecule has 2 aromatic heterocycles. The SMILES string of the molecule is COc1cnc2c(nnn2C)c1C. The third-order valence-corrected chi connectivity index (χ3v) is 2.05. The molecule has 0 aliphatic rings. The zero-order valence-corrected chi connectivity index (χ0v) is 7.77. The lowest BCUT2D eigenvalue weighted by atomic mass is 10.2. The Hall–Kier alpha value is -1.65. The zero-order chi connectivity index (χ0) is 9.42. The molecule has 2 rings (SSSR count). The number of methoxy groups -OCH3 is 1. The fourth-order valence-corrected chi connectivity index (χ4v) is 1.28. The van der Waals surface area contributed by atoms with Gasteiger partial charge in [0.15, 0.2) is 5.65 Å². The summed E-state index contributed by atoms with van der Waals surface area (Å²) < 4.78 is 6.76. The van der Waals surface area contributed by atoms with Crippen molar-refractivity contribution in [2.24, 2.45) is 7.05 Å². The predicted octanol–water partition coefficient (Wildman–Crippen LogP) is 0.680. The van der Waals surface area contributed by atoms with Gasteiger partial charge in [-0.15, -0.1) is 5.10 Å². The molecule has 0 saturated heterocycles. The molecule has 0 aliphatic carbocycles. The molecule has 0 fully saturated rings. The Morgan fingerprint density at radius 3 is 2.92 bits per heavy atom. The maximum absolute atomic E-state index is 5.12. The van der Waals surface area contributed by atoms with Gasteiger partial charge < -0.3 is 4.74 Å². The van der Waals surface area contributed by atoms with Crippen LogP contribution in [0.4, 0.5) is 0 Å². The van der Waals surface area contributed by atoms with Crippen LogP contribution in [0.25, 0.3) is 11.2 Å². The molecule has 2 heterocycles. The second kappa shape index (κ2) is 2.69. The number of hydrogen-bond acceptors (Lipinski definition) is 4. The number of aryl methyl sites for hydroxylation is 2. The molecule has 5 nitrogen and oxygen atoms in total. The molecule has 0 amide bonds. The van der Waals surface area contributed by atoms with Crippen molar-refractivity contribution >= 4 is 11.2 Å². The summed E-state index contributed by atoms with van der Waals surface area (Å²) >= 11 is 0. The van der Waals surface area contributed by atoms with Gasteiger partial charge in [-0.3, -0.25) is 0 Å². The van der Waals surface area contributed by atoms with Crippen LogP contribution in [-0.2, 0) is 7.05 Å². The summed E-state index contributed by atoms with van der Waals surface area (Å²) in [5, 5.41) is 7.88. The van der Waals surface area contributed by atoms with Gasteiger partial charge in [0.1, 0.15) is 11.3 Å². The predicted molar refractivity (Wildman–Crippen MR) is 47.6 cm³/mol. The molecule has 0 spiro atoms. The van der Waals surface area contributed by atoms with Crippen molar-refractivity contribution in [2.45, 2.75) is 6.92 Å². The lowest BCUT2D eigenvalue weighted by molar-refractivity contribution is 0.410. The summed E-state index contributed by atoms with van der Waals surface area (Å²) in [7, 11) is 3.43. The number of aromatic nitrogens is 4. The molecular weight excluding hydrogens is 168 g/mol. The minimum atomic E-state index is 0.744. The highest BCUT2D eigenvalue weighted by Gasteiger charge is 2.09. The van der Waals surface area contributed by atoms with Crippen LogP contribution < -0.4 is 4.74 Å². The Labute approximate surface area is 75.3 Å². The van der Waals surface area contributed by atoms with Crippen LogP contribution in [0, 0.1) is 6.92 Å². The minimum Gasteiger partial charge on any atom is -0.495 e. The third-order valence-electron chi connectivity index (χ3n) is 2.05. The van der Waals surface area contributed by atoms with Crippen LogP contribution in [0.2, 0.25) is 0 Å². The molecule has 0 atom stereocenters. The molecule has 0 unspecified atom stereocenters. The van der Waals surface area contributed by atoms with Gasteiger partial charge >= 0.3 is 0 Å². The fourth-order valence-electron chi connectivity index (χ4n) is 1.28. The normalized spacial score (nSPS) is 10.7. The molecule has 0 bridgehead atoms. The lowest BCUT2D eigenvalue weighted by Crippen LogP contribution is -1.94. The van der Waals surface area contributed by atoms with Crippen molar-refractivity contribution in [2.75, 3.05) is 7.11 Å². The van der Waals surface area contributed by atoms with Gasteiger partial charge in [0.05, 0.1) is 13.3 Å². The molecule has 5 heteroatoms. The zero-order valence-electron chi connectivity index (χ0n) is 7.77. The Bertz CT molecular complexity index is 449. The van der Waals surface area contributed by atoms with E-state index in [1.54, 1.807) is 18.0 Å². The van der Waals surface area contributed by atoms with Gasteiger partial charge in [-0.1, -0.05) is 5.21 Å². The van der Waals surface area contributed by atoms with Gasteiger partial charge in [0.2, 0.25) is 0 Å². The molecular formula is C8H10N4O. The van der Waals surface area contributed by atoms with Gasteiger partial charge in [-0.2, -0.15) is 0 Å². The van der Waals surface area contributed by atoms with Gasteiger partial charge in [0, 0.05) is 12.6 Å². The molecule has 0 aromatic carbocycles. The van der Waals surface area contributed by atoms with Crippen molar-refractivity contribution in [3.63, 3.8) is 0 Å². The largest absolute Gasteiger partial charge is 0.495 e. The van der Waals surface area contributed by atoms with Crippen molar-refractivity contribution < 1.29 is 4.74 Å². The van der Waals surface area contributed by atoms with Crippen LogP contribution >= 0.6 is 0 Å². The number of fused-ring (bicyclic) bond motifs is 1. The van der Waals surface area contributed by atoms with Crippen LogP contribution in [0.15, 0.2) is 6.20 Å². The highest BCUT2D eigenvalue weighted by Crippen LogP contribution is 2.22. The number of pyridine rings is 1. The maximum Gasteiger partial charge on any atom is 0.178 e. The van der Waals surface area contributed by atoms with E-state index in [0.717, 1.165) is 22.5 Å². The van der Waals surface area contributed by atoms with E-state index in [2.05, 4.69) is 15.3 Å². The summed E-state index contributed by atoms with van der Waals surface area (Å²) in [6, 6.07) is 0. The summed E-state index contributed by atoms with van der Waals surface area (Å²) in [5.74, 6) is 0.744. The quantitative estimate of drug-likeness (QED) is 0.644. The number of ether oxygens (including phenoxy) is 1. The maximum atomic E-state index is 5.12. The van der Waals surface area contributed by atoms with Crippen LogP contribution in [0.3, 0.4) is 0 Å². The van der Waals surface area contributed by atoms with Crippen molar-refractivity contribution in [3.05, 3.63) is 11.8 Å². The van der Waals surface area contributed by atoms with Crippen LogP contribution in [0.5, 0.6) is 5.75 Å². The number of rotatable bonds is 1. The first-order chi connectivity index (χ1) is 6.24. The van der Waals surface area contributed by atoms with Crippen LogP contribution in [-0.4, -0.2) is 27.1 Å². The number of hydrogen-bond donors (Lipinski definition) is 0. The van der Waals surface area contributed by atoms with Gasteiger partial charge in [-0.25, -0.2) is 9.67 Å². The monoisotopic (exact) mass is 178 g/mol. The van der Waals surface area contributed by atoms with E-state index in [9.17, 15) is 0 Å². The van der Waals surface area contributed by atoms with E-state index in [4.69, 9.17) is 4.74 Å². The summed E-state index contributed by atoms with van der Waals surface area (Å²) in [5.41, 5.74) is 2.54. The van der Waals surface area contributed by atoms with E-state index < -0.39 is 0 Å². The summed E-state index contributed by atoms with van der Waals surface area (Å²) in [4.78, 5) is 4.19. The summed E-state index contributed by atoms with van der Waals surface area (Å²) in [6.45, 7) is 1.94. The van der Waals surface area contributed by atoms with Gasteiger partial charge in [-0.05, 0) is 6.92 Å². The average Bonchev–Trinajstić information content (AvgIpc) is 2.50. The highest BCUT2D eigenvalue weighted by molar-refractivity contribution is 5.75.